The van der Waals surface area contributed by atoms with Gasteiger partial charge in [-0.3, -0.25) is 9.69 Å². The van der Waals surface area contributed by atoms with Crippen LogP contribution < -0.4 is 4.74 Å². The second kappa shape index (κ2) is 5.30. The van der Waals surface area contributed by atoms with Gasteiger partial charge in [0.25, 0.3) is 0 Å². The van der Waals surface area contributed by atoms with E-state index in [0.717, 1.165) is 5.56 Å². The van der Waals surface area contributed by atoms with Crippen molar-refractivity contribution in [2.45, 2.75) is 13.2 Å². The smallest absolute Gasteiger partial charge is 0.387 e. The van der Waals surface area contributed by atoms with E-state index in [1.807, 2.05) is 4.90 Å². The lowest BCUT2D eigenvalue weighted by Crippen LogP contribution is -2.49. The largest absolute Gasteiger partial charge is 0.481 e. The molecule has 1 fully saturated rings. The van der Waals surface area contributed by atoms with E-state index in [-0.39, 0.29) is 11.7 Å². The summed E-state index contributed by atoms with van der Waals surface area (Å²) in [6.07, 6.45) is 0. The summed E-state index contributed by atoms with van der Waals surface area (Å²) in [4.78, 5) is 12.6. The quantitative estimate of drug-likeness (QED) is 0.874. The highest BCUT2D eigenvalue weighted by atomic mass is 19.3. The Bertz CT molecular complexity index is 416. The van der Waals surface area contributed by atoms with Crippen LogP contribution in [0.2, 0.25) is 0 Å². The summed E-state index contributed by atoms with van der Waals surface area (Å²) >= 11 is 0. The van der Waals surface area contributed by atoms with Gasteiger partial charge in [-0.2, -0.15) is 8.78 Å². The summed E-state index contributed by atoms with van der Waals surface area (Å²) in [6.45, 7) is -1.13. The molecule has 18 heavy (non-hydrogen) atoms. The number of nitrogens with zero attached hydrogens (tertiary/aromatic N) is 1. The predicted molar refractivity (Wildman–Crippen MR) is 59.5 cm³/mol. The summed E-state index contributed by atoms with van der Waals surface area (Å²) in [6, 6.07) is 6.36. The zero-order chi connectivity index (χ0) is 13.1. The Labute approximate surface area is 103 Å². The van der Waals surface area contributed by atoms with Crippen molar-refractivity contribution < 1.29 is 23.4 Å². The maximum atomic E-state index is 11.9. The highest BCUT2D eigenvalue weighted by Crippen LogP contribution is 2.20. The molecule has 0 unspecified atom stereocenters. The maximum Gasteiger partial charge on any atom is 0.387 e. The standard InChI is InChI=1S/C12H13F2NO3/c13-12(14)18-10-3-1-8(2-4-10)5-15-6-9(7-15)11(16)17/h1-4,9,12H,5-7H2,(H,16,17). The highest BCUT2D eigenvalue weighted by Gasteiger charge is 2.32. The molecule has 98 valence electrons. The molecule has 1 aliphatic rings. The second-order valence-electron chi connectivity index (χ2n) is 4.25. The van der Waals surface area contributed by atoms with Gasteiger partial charge in [-0.25, -0.2) is 0 Å². The SMILES string of the molecule is O=C(O)C1CN(Cc2ccc(OC(F)F)cc2)C1. The van der Waals surface area contributed by atoms with Crippen LogP contribution in [0.15, 0.2) is 24.3 Å². The Balaban J connectivity index is 1.82. The number of carbonyl (C=O) groups is 1. The number of carboxylic acid groups (broad SMARTS) is 1. The minimum atomic E-state index is -2.82. The van der Waals surface area contributed by atoms with Crippen LogP contribution in [0.5, 0.6) is 5.75 Å². The van der Waals surface area contributed by atoms with E-state index in [2.05, 4.69) is 4.74 Å². The zero-order valence-electron chi connectivity index (χ0n) is 9.55. The third kappa shape index (κ3) is 3.16. The molecular formula is C12H13F2NO3. The van der Waals surface area contributed by atoms with E-state index < -0.39 is 12.6 Å². The molecule has 1 N–H and O–H groups in total. The minimum Gasteiger partial charge on any atom is -0.481 e. The molecule has 0 aliphatic carbocycles. The summed E-state index contributed by atoms with van der Waals surface area (Å²) in [5, 5.41) is 8.72. The van der Waals surface area contributed by atoms with Gasteiger partial charge in [-0.1, -0.05) is 12.1 Å². The fourth-order valence-electron chi connectivity index (χ4n) is 1.89. The Morgan fingerprint density at radius 3 is 2.50 bits per heavy atom. The van der Waals surface area contributed by atoms with E-state index in [1.165, 1.54) is 12.1 Å². The van der Waals surface area contributed by atoms with Crippen molar-refractivity contribution in [1.82, 2.24) is 4.90 Å². The lowest BCUT2D eigenvalue weighted by molar-refractivity contribution is -0.147. The van der Waals surface area contributed by atoms with Gasteiger partial charge >= 0.3 is 12.6 Å². The van der Waals surface area contributed by atoms with Crippen molar-refractivity contribution in [1.29, 1.82) is 0 Å². The van der Waals surface area contributed by atoms with Crippen LogP contribution in [0.4, 0.5) is 8.78 Å². The lowest BCUT2D eigenvalue weighted by atomic mass is 10.00. The molecule has 0 spiro atoms. The first-order chi connectivity index (χ1) is 8.54. The van der Waals surface area contributed by atoms with Crippen LogP contribution >= 0.6 is 0 Å². The number of benzene rings is 1. The van der Waals surface area contributed by atoms with Crippen LogP contribution in [-0.2, 0) is 11.3 Å². The van der Waals surface area contributed by atoms with Crippen molar-refractivity contribution in [2.75, 3.05) is 13.1 Å². The fraction of sp³-hybridized carbons (Fsp3) is 0.417. The number of carboxylic acids is 1. The summed E-state index contributed by atoms with van der Waals surface area (Å²) < 4.78 is 28.1. The Morgan fingerprint density at radius 1 is 1.39 bits per heavy atom. The average molecular weight is 257 g/mol. The Kier molecular flexibility index (Phi) is 3.76. The maximum absolute atomic E-state index is 11.9. The van der Waals surface area contributed by atoms with E-state index >= 15 is 0 Å². The van der Waals surface area contributed by atoms with Crippen molar-refractivity contribution >= 4 is 5.97 Å². The number of hydrogen-bond acceptors (Lipinski definition) is 3. The molecule has 2 rings (SSSR count). The summed E-state index contributed by atoms with van der Waals surface area (Å²) in [5.41, 5.74) is 0.945. The van der Waals surface area contributed by atoms with Crippen molar-refractivity contribution in [3.8, 4) is 5.75 Å². The molecule has 1 aromatic carbocycles. The number of hydrogen-bond donors (Lipinski definition) is 1. The van der Waals surface area contributed by atoms with Crippen molar-refractivity contribution in [3.63, 3.8) is 0 Å². The third-order valence-corrected chi connectivity index (χ3v) is 2.86. The molecule has 0 atom stereocenters. The number of alkyl halides is 2. The topological polar surface area (TPSA) is 49.8 Å². The third-order valence-electron chi connectivity index (χ3n) is 2.86. The van der Waals surface area contributed by atoms with Gasteiger partial charge < -0.3 is 9.84 Å². The lowest BCUT2D eigenvalue weighted by Gasteiger charge is -2.36. The van der Waals surface area contributed by atoms with E-state index in [9.17, 15) is 13.6 Å². The van der Waals surface area contributed by atoms with E-state index in [0.29, 0.717) is 19.6 Å². The Morgan fingerprint density at radius 2 is 2.00 bits per heavy atom. The van der Waals surface area contributed by atoms with Gasteiger partial charge in [0.1, 0.15) is 5.75 Å². The number of ether oxygens (including phenoxy) is 1. The number of likely N-dealkylation sites (tertiary alicyclic amines) is 1. The average Bonchev–Trinajstić information content (AvgIpc) is 2.23. The molecule has 1 aromatic rings. The molecule has 1 saturated heterocycles. The van der Waals surface area contributed by atoms with Crippen LogP contribution in [-0.4, -0.2) is 35.7 Å². The molecule has 1 aliphatic heterocycles. The molecule has 0 radical (unpaired) electrons. The molecule has 1 heterocycles. The fourth-order valence-corrected chi connectivity index (χ4v) is 1.89. The van der Waals surface area contributed by atoms with E-state index in [1.54, 1.807) is 12.1 Å². The van der Waals surface area contributed by atoms with E-state index in [4.69, 9.17) is 5.11 Å². The van der Waals surface area contributed by atoms with Gasteiger partial charge in [0, 0.05) is 19.6 Å². The number of halogens is 2. The predicted octanol–water partition coefficient (Wildman–Crippen LogP) is 1.80. The molecule has 0 amide bonds. The zero-order valence-corrected chi connectivity index (χ0v) is 9.55. The number of rotatable bonds is 5. The van der Waals surface area contributed by atoms with Crippen LogP contribution in [0.3, 0.4) is 0 Å². The first kappa shape index (κ1) is 12.8. The molecule has 0 saturated carbocycles. The van der Waals surface area contributed by atoms with Crippen LogP contribution in [0.1, 0.15) is 5.56 Å². The minimum absolute atomic E-state index is 0.126. The monoisotopic (exact) mass is 257 g/mol. The van der Waals surface area contributed by atoms with Gasteiger partial charge in [0.15, 0.2) is 0 Å². The van der Waals surface area contributed by atoms with Gasteiger partial charge in [0.2, 0.25) is 0 Å². The van der Waals surface area contributed by atoms with Gasteiger partial charge in [-0.05, 0) is 17.7 Å². The summed E-state index contributed by atoms with van der Waals surface area (Å²) in [7, 11) is 0. The molecule has 0 bridgehead atoms. The van der Waals surface area contributed by atoms with Gasteiger partial charge in [-0.15, -0.1) is 0 Å². The Hall–Kier alpha value is -1.69. The first-order valence-electron chi connectivity index (χ1n) is 5.53. The first-order valence-corrected chi connectivity index (χ1v) is 5.53. The summed E-state index contributed by atoms with van der Waals surface area (Å²) in [5.74, 6) is -0.931. The number of aliphatic carboxylic acids is 1. The second-order valence-corrected chi connectivity index (χ2v) is 4.25. The van der Waals surface area contributed by atoms with Gasteiger partial charge in [0.05, 0.1) is 5.92 Å². The highest BCUT2D eigenvalue weighted by molar-refractivity contribution is 5.71. The molecular weight excluding hydrogens is 244 g/mol. The molecule has 0 aromatic heterocycles. The van der Waals surface area contributed by atoms with Crippen LogP contribution in [0.25, 0.3) is 0 Å². The normalized spacial score (nSPS) is 16.6. The van der Waals surface area contributed by atoms with Crippen molar-refractivity contribution in [3.05, 3.63) is 29.8 Å². The molecule has 6 heteroatoms. The van der Waals surface area contributed by atoms with Crippen LogP contribution in [0, 0.1) is 5.92 Å². The van der Waals surface area contributed by atoms with Crippen molar-refractivity contribution in [2.24, 2.45) is 5.92 Å². The molecule has 4 nitrogen and oxygen atoms in total.